The van der Waals surface area contributed by atoms with Gasteiger partial charge in [-0.1, -0.05) is 20.8 Å². The monoisotopic (exact) mass is 288 g/mol. The van der Waals surface area contributed by atoms with E-state index in [1.54, 1.807) is 27.0 Å². The van der Waals surface area contributed by atoms with Crippen molar-refractivity contribution in [3.05, 3.63) is 0 Å². The van der Waals surface area contributed by atoms with Gasteiger partial charge in [0.15, 0.2) is 0 Å². The lowest BCUT2D eigenvalue weighted by atomic mass is 9.92. The van der Waals surface area contributed by atoms with E-state index in [4.69, 9.17) is 0 Å². The number of barbiturate groups is 1. The number of hydrogen-bond acceptors (Lipinski definition) is 4. The summed E-state index contributed by atoms with van der Waals surface area (Å²) in [6.07, 6.45) is 2.05. The highest BCUT2D eigenvalue weighted by atomic mass is 32.2. The van der Waals surface area contributed by atoms with E-state index in [1.807, 2.05) is 0 Å². The van der Waals surface area contributed by atoms with Gasteiger partial charge in [-0.15, -0.1) is 0 Å². The average Bonchev–Trinajstić information content (AvgIpc) is 2.26. The van der Waals surface area contributed by atoms with Crippen LogP contribution in [0, 0.1) is 11.8 Å². The zero-order valence-corrected chi connectivity index (χ0v) is 12.5. The molecule has 3 atom stereocenters. The van der Waals surface area contributed by atoms with Gasteiger partial charge in [-0.3, -0.25) is 24.0 Å². The second kappa shape index (κ2) is 6.27. The van der Waals surface area contributed by atoms with Gasteiger partial charge < -0.3 is 0 Å². The Kier molecular flexibility index (Phi) is 5.22. The van der Waals surface area contributed by atoms with E-state index < -0.39 is 34.6 Å². The summed E-state index contributed by atoms with van der Waals surface area (Å²) in [5.41, 5.74) is 0. The Balaban J connectivity index is 2.76. The minimum absolute atomic E-state index is 0.101. The van der Waals surface area contributed by atoms with Crippen LogP contribution in [-0.2, 0) is 20.4 Å². The van der Waals surface area contributed by atoms with Gasteiger partial charge in [0.2, 0.25) is 11.8 Å². The van der Waals surface area contributed by atoms with Crippen LogP contribution in [0.1, 0.15) is 27.2 Å². The molecular weight excluding hydrogens is 268 g/mol. The lowest BCUT2D eigenvalue weighted by molar-refractivity contribution is -0.144. The van der Waals surface area contributed by atoms with E-state index in [9.17, 15) is 18.6 Å². The van der Waals surface area contributed by atoms with Crippen molar-refractivity contribution in [3.63, 3.8) is 0 Å². The molecule has 0 radical (unpaired) electrons. The van der Waals surface area contributed by atoms with Crippen molar-refractivity contribution in [2.45, 2.75) is 32.4 Å². The first kappa shape index (κ1) is 15.8. The molecule has 7 heteroatoms. The van der Waals surface area contributed by atoms with Gasteiger partial charge in [0.05, 0.1) is 0 Å². The molecule has 0 aromatic rings. The summed E-state index contributed by atoms with van der Waals surface area (Å²) in [6, 6.07) is -0.680. The average molecular weight is 288 g/mol. The highest BCUT2D eigenvalue weighted by Gasteiger charge is 2.41. The van der Waals surface area contributed by atoms with Crippen LogP contribution in [0.4, 0.5) is 4.79 Å². The van der Waals surface area contributed by atoms with Gasteiger partial charge in [-0.25, -0.2) is 4.79 Å². The Bertz CT molecular complexity index is 422. The van der Waals surface area contributed by atoms with Crippen LogP contribution >= 0.6 is 0 Å². The van der Waals surface area contributed by atoms with Gasteiger partial charge in [-0.2, -0.15) is 0 Å². The molecule has 0 aliphatic carbocycles. The fourth-order valence-electron chi connectivity index (χ4n) is 1.91. The maximum atomic E-state index is 12.1. The van der Waals surface area contributed by atoms with E-state index in [-0.39, 0.29) is 17.7 Å². The van der Waals surface area contributed by atoms with Gasteiger partial charge in [0.1, 0.15) is 5.92 Å². The number of carbonyl (C=O) groups excluding carboxylic acids is 3. The fourth-order valence-corrected chi connectivity index (χ4v) is 2.34. The smallest absolute Gasteiger partial charge is 0.277 e. The summed E-state index contributed by atoms with van der Waals surface area (Å²) in [5, 5.41) is 2.09. The van der Waals surface area contributed by atoms with Crippen molar-refractivity contribution in [3.8, 4) is 0 Å². The van der Waals surface area contributed by atoms with Crippen molar-refractivity contribution in [1.29, 1.82) is 0 Å². The second-order valence-corrected chi connectivity index (χ2v) is 6.91. The van der Waals surface area contributed by atoms with E-state index in [2.05, 4.69) is 5.32 Å². The molecule has 1 fully saturated rings. The van der Waals surface area contributed by atoms with E-state index >= 15 is 0 Å². The van der Waals surface area contributed by atoms with Crippen LogP contribution in [-0.4, -0.2) is 45.0 Å². The molecule has 1 saturated heterocycles. The molecule has 108 valence electrons. The molecule has 6 nitrogen and oxygen atoms in total. The van der Waals surface area contributed by atoms with E-state index in [0.717, 1.165) is 4.90 Å². The molecule has 0 bridgehead atoms. The SMILES string of the molecule is CC(C)C1C(=O)NC(=O)N(CCC(C)S(C)=O)C1=O. The van der Waals surface area contributed by atoms with Crippen LogP contribution in [0.5, 0.6) is 0 Å². The lowest BCUT2D eigenvalue weighted by Crippen LogP contribution is -2.59. The van der Waals surface area contributed by atoms with Crippen molar-refractivity contribution < 1.29 is 18.6 Å². The summed E-state index contributed by atoms with van der Waals surface area (Å²) >= 11 is 0. The minimum atomic E-state index is -0.998. The van der Waals surface area contributed by atoms with E-state index in [1.165, 1.54) is 0 Å². The third kappa shape index (κ3) is 3.62. The zero-order valence-electron chi connectivity index (χ0n) is 11.6. The van der Waals surface area contributed by atoms with Gasteiger partial charge >= 0.3 is 6.03 Å². The molecule has 1 heterocycles. The molecule has 0 aromatic carbocycles. The summed E-state index contributed by atoms with van der Waals surface area (Å²) in [7, 11) is -0.998. The molecule has 19 heavy (non-hydrogen) atoms. The first-order valence-electron chi connectivity index (χ1n) is 6.24. The number of urea groups is 1. The van der Waals surface area contributed by atoms with Crippen LogP contribution in [0.25, 0.3) is 0 Å². The van der Waals surface area contributed by atoms with Crippen LogP contribution in [0.2, 0.25) is 0 Å². The fraction of sp³-hybridized carbons (Fsp3) is 0.750. The minimum Gasteiger partial charge on any atom is -0.277 e. The number of nitrogens with zero attached hydrogens (tertiary/aromatic N) is 1. The predicted octanol–water partition coefficient (Wildman–Crippen LogP) is 0.494. The molecule has 0 aromatic heterocycles. The molecule has 3 unspecified atom stereocenters. The Morgan fingerprint density at radius 3 is 2.32 bits per heavy atom. The lowest BCUT2D eigenvalue weighted by Gasteiger charge is -2.32. The predicted molar refractivity (Wildman–Crippen MR) is 71.7 cm³/mol. The maximum Gasteiger partial charge on any atom is 0.330 e. The quantitative estimate of drug-likeness (QED) is 0.746. The summed E-state index contributed by atoms with van der Waals surface area (Å²) in [4.78, 5) is 36.5. The molecule has 1 aliphatic rings. The highest BCUT2D eigenvalue weighted by molar-refractivity contribution is 7.84. The number of nitrogens with one attached hydrogen (secondary N) is 1. The van der Waals surface area contributed by atoms with E-state index in [0.29, 0.717) is 6.42 Å². The standard InChI is InChI=1S/C12H20N2O4S/c1-7(2)9-10(15)13-12(17)14(11(9)16)6-5-8(3)19(4)18/h7-9H,5-6H2,1-4H3,(H,13,15,17). The Morgan fingerprint density at radius 2 is 1.84 bits per heavy atom. The third-order valence-electron chi connectivity index (χ3n) is 3.28. The molecule has 0 saturated carbocycles. The number of rotatable bonds is 5. The highest BCUT2D eigenvalue weighted by Crippen LogP contribution is 2.19. The van der Waals surface area contributed by atoms with Crippen LogP contribution < -0.4 is 5.32 Å². The van der Waals surface area contributed by atoms with Crippen molar-refractivity contribution in [2.24, 2.45) is 11.8 Å². The summed E-state index contributed by atoms with van der Waals surface area (Å²) < 4.78 is 11.3. The number of imide groups is 2. The van der Waals surface area contributed by atoms with Gasteiger partial charge in [0, 0.05) is 28.9 Å². The first-order valence-corrected chi connectivity index (χ1v) is 7.86. The van der Waals surface area contributed by atoms with Crippen LogP contribution in [0.15, 0.2) is 0 Å². The molecule has 4 amide bonds. The van der Waals surface area contributed by atoms with Gasteiger partial charge in [0.25, 0.3) is 0 Å². The Morgan fingerprint density at radius 1 is 1.26 bits per heavy atom. The number of carbonyl (C=O) groups is 3. The Labute approximate surface area is 115 Å². The Hall–Kier alpha value is -1.24. The maximum absolute atomic E-state index is 12.1. The molecule has 0 spiro atoms. The topological polar surface area (TPSA) is 83.6 Å². The summed E-state index contributed by atoms with van der Waals surface area (Å²) in [5.74, 6) is -1.98. The largest absolute Gasteiger partial charge is 0.330 e. The normalized spacial score (nSPS) is 23.5. The zero-order chi connectivity index (χ0) is 14.7. The molecule has 1 N–H and O–H groups in total. The summed E-state index contributed by atoms with van der Waals surface area (Å²) in [6.45, 7) is 5.51. The molecule has 1 aliphatic heterocycles. The number of hydrogen-bond donors (Lipinski definition) is 1. The second-order valence-electron chi connectivity index (χ2n) is 5.10. The number of amides is 4. The molecule has 1 rings (SSSR count). The van der Waals surface area contributed by atoms with Crippen molar-refractivity contribution in [1.82, 2.24) is 10.2 Å². The van der Waals surface area contributed by atoms with Crippen molar-refractivity contribution >= 4 is 28.6 Å². The third-order valence-corrected chi connectivity index (χ3v) is 4.65. The van der Waals surface area contributed by atoms with Crippen LogP contribution in [0.3, 0.4) is 0 Å². The van der Waals surface area contributed by atoms with Gasteiger partial charge in [-0.05, 0) is 12.3 Å². The first-order chi connectivity index (χ1) is 8.75. The molecular formula is C12H20N2O4S. The van der Waals surface area contributed by atoms with Crippen molar-refractivity contribution in [2.75, 3.05) is 12.8 Å².